The van der Waals surface area contributed by atoms with Crippen LogP contribution in [0.25, 0.3) is 22.1 Å². The molecular formula is C36H46B4N6O8Se2. The molecule has 4 fully saturated rings. The number of hydrogen-bond acceptors (Lipinski definition) is 14. The molecule has 0 atom stereocenters. The van der Waals surface area contributed by atoms with Crippen molar-refractivity contribution in [1.29, 1.82) is 10.5 Å². The second-order valence-electron chi connectivity index (χ2n) is 18.4. The molecule has 4 saturated heterocycles. The number of rotatable bonds is 4. The fraction of sp³-hybridized carbons (Fsp3) is 0.611. The SMILES string of the molecule is CC1(C)COB(c2cc(C#N)c(B3OCC(C)(C)CO3)c3n[se]nc23)OC1.CC1(C)OB(c2cc(C#N)c(B3OC(C)(C)C(C)(C)O3)c3n[se]nc23)OC1(C)C. The summed E-state index contributed by atoms with van der Waals surface area (Å²) in [5.41, 5.74) is 4.47. The van der Waals surface area contributed by atoms with Gasteiger partial charge in [0.05, 0.1) is 0 Å². The first-order chi connectivity index (χ1) is 26.1. The number of fused-ring (bicyclic) bond motifs is 2. The molecular weight excluding hydrogens is 846 g/mol. The fourth-order valence-electron chi connectivity index (χ4n) is 6.65. The molecule has 0 radical (unpaired) electrons. The van der Waals surface area contributed by atoms with Gasteiger partial charge in [-0.15, -0.1) is 0 Å². The van der Waals surface area contributed by atoms with Crippen molar-refractivity contribution in [2.45, 2.75) is 105 Å². The van der Waals surface area contributed by atoms with E-state index in [1.165, 1.54) is 0 Å². The first kappa shape index (κ1) is 41.7. The Bertz CT molecular complexity index is 2200. The van der Waals surface area contributed by atoms with Crippen LogP contribution < -0.4 is 21.9 Å². The van der Waals surface area contributed by atoms with Crippen LogP contribution in [-0.2, 0) is 37.2 Å². The molecule has 4 aromatic rings. The predicted octanol–water partition coefficient (Wildman–Crippen LogP) is 1.25. The summed E-state index contributed by atoms with van der Waals surface area (Å²) in [6.07, 6.45) is 0. The van der Waals surface area contributed by atoms with Gasteiger partial charge in [0, 0.05) is 0 Å². The van der Waals surface area contributed by atoms with Gasteiger partial charge >= 0.3 is 344 Å². The Balaban J connectivity index is 0.000000172. The van der Waals surface area contributed by atoms with Gasteiger partial charge in [0.1, 0.15) is 0 Å². The van der Waals surface area contributed by atoms with Crippen molar-refractivity contribution >= 4 is 102 Å². The Morgan fingerprint density at radius 1 is 0.482 bits per heavy atom. The van der Waals surface area contributed by atoms with Crippen molar-refractivity contribution in [2.75, 3.05) is 26.4 Å². The summed E-state index contributed by atoms with van der Waals surface area (Å²) in [5.74, 6) is 0. The van der Waals surface area contributed by atoms with Gasteiger partial charge in [-0.05, 0) is 0 Å². The molecule has 0 saturated carbocycles. The third-order valence-corrected chi connectivity index (χ3v) is 13.7. The van der Waals surface area contributed by atoms with Crippen LogP contribution in [0.2, 0.25) is 0 Å². The molecule has 0 aliphatic carbocycles. The van der Waals surface area contributed by atoms with Crippen LogP contribution in [0, 0.1) is 33.5 Å². The zero-order chi connectivity index (χ0) is 40.6. The molecule has 2 aromatic heterocycles. The minimum atomic E-state index is -0.677. The van der Waals surface area contributed by atoms with Crippen molar-refractivity contribution in [3.05, 3.63) is 23.3 Å². The maximum atomic E-state index is 9.93. The third-order valence-electron chi connectivity index (χ3n) is 11.4. The van der Waals surface area contributed by atoms with Crippen LogP contribution in [0.3, 0.4) is 0 Å². The van der Waals surface area contributed by atoms with E-state index < -0.39 is 50.9 Å². The van der Waals surface area contributed by atoms with Gasteiger partial charge in [-0.2, -0.15) is 0 Å². The zero-order valence-electron chi connectivity index (χ0n) is 34.1. The van der Waals surface area contributed by atoms with Gasteiger partial charge in [0.2, 0.25) is 0 Å². The van der Waals surface area contributed by atoms with Crippen LogP contribution in [0.5, 0.6) is 0 Å². The molecule has 4 aliphatic rings. The van der Waals surface area contributed by atoms with E-state index in [0.29, 0.717) is 65.0 Å². The number of hydrogen-bond donors (Lipinski definition) is 0. The molecule has 0 unspecified atom stereocenters. The molecule has 292 valence electrons. The second kappa shape index (κ2) is 14.7. The molecule has 0 bridgehead atoms. The summed E-state index contributed by atoms with van der Waals surface area (Å²) in [6.45, 7) is 26.6. The predicted molar refractivity (Wildman–Crippen MR) is 216 cm³/mol. The van der Waals surface area contributed by atoms with Crippen LogP contribution in [0.4, 0.5) is 0 Å². The van der Waals surface area contributed by atoms with Crippen LogP contribution >= 0.6 is 0 Å². The Morgan fingerprint density at radius 2 is 0.804 bits per heavy atom. The first-order valence-corrected chi connectivity index (χ1v) is 21.7. The maximum absolute atomic E-state index is 9.93. The summed E-state index contributed by atoms with van der Waals surface area (Å²) >= 11 is -0.561. The van der Waals surface area contributed by atoms with E-state index in [9.17, 15) is 10.5 Å². The molecule has 0 N–H and O–H groups in total. The zero-order valence-corrected chi connectivity index (χ0v) is 37.5. The number of nitriles is 2. The van der Waals surface area contributed by atoms with Crippen molar-refractivity contribution in [3.63, 3.8) is 0 Å². The van der Waals surface area contributed by atoms with Gasteiger partial charge in [0.25, 0.3) is 0 Å². The first-order valence-electron chi connectivity index (χ1n) is 18.7. The van der Waals surface area contributed by atoms with E-state index in [-0.39, 0.29) is 40.8 Å². The fourth-order valence-corrected chi connectivity index (χ4v) is 9.09. The second-order valence-corrected chi connectivity index (χ2v) is 20.6. The van der Waals surface area contributed by atoms with E-state index in [2.05, 4.69) is 55.8 Å². The quantitative estimate of drug-likeness (QED) is 0.268. The summed E-state index contributed by atoms with van der Waals surface area (Å²) in [7, 11) is -2.42. The summed E-state index contributed by atoms with van der Waals surface area (Å²) in [5, 5.41) is 19.7. The average molecular weight is 892 g/mol. The Hall–Kier alpha value is -2.40. The van der Waals surface area contributed by atoms with E-state index in [1.807, 2.05) is 55.4 Å². The number of nitrogens with zero attached hydrogens (tertiary/aromatic N) is 6. The normalized spacial score (nSPS) is 23.2. The monoisotopic (exact) mass is 894 g/mol. The molecule has 6 heterocycles. The topological polar surface area (TPSA) is 173 Å². The van der Waals surface area contributed by atoms with Gasteiger partial charge < -0.3 is 0 Å². The van der Waals surface area contributed by atoms with Gasteiger partial charge in [-0.25, -0.2) is 0 Å². The van der Waals surface area contributed by atoms with Crippen molar-refractivity contribution in [2.24, 2.45) is 10.8 Å². The summed E-state index contributed by atoms with van der Waals surface area (Å²) < 4.78 is 67.0. The summed E-state index contributed by atoms with van der Waals surface area (Å²) in [6, 6.07) is 8.16. The number of aromatic nitrogens is 4. The summed E-state index contributed by atoms with van der Waals surface area (Å²) in [4.78, 5) is 0. The number of benzene rings is 2. The van der Waals surface area contributed by atoms with Crippen LogP contribution in [0.1, 0.15) is 94.2 Å². The van der Waals surface area contributed by atoms with Crippen LogP contribution in [-0.4, -0.2) is 123 Å². The Kier molecular flexibility index (Phi) is 11.0. The van der Waals surface area contributed by atoms with Gasteiger partial charge in [0.15, 0.2) is 0 Å². The molecule has 2 aromatic carbocycles. The Labute approximate surface area is 342 Å². The Morgan fingerprint density at radius 3 is 1.20 bits per heavy atom. The van der Waals surface area contributed by atoms with E-state index >= 15 is 0 Å². The van der Waals surface area contributed by atoms with E-state index in [0.717, 1.165) is 16.4 Å². The molecule has 0 amide bonds. The van der Waals surface area contributed by atoms with E-state index in [4.69, 9.17) is 37.2 Å². The molecule has 4 aliphatic heterocycles. The van der Waals surface area contributed by atoms with Crippen molar-refractivity contribution < 1.29 is 37.2 Å². The average Bonchev–Trinajstić information content (AvgIpc) is 3.88. The molecule has 20 heteroatoms. The van der Waals surface area contributed by atoms with Gasteiger partial charge in [-0.3, -0.25) is 0 Å². The minimum absolute atomic E-state index is 0.0281. The van der Waals surface area contributed by atoms with Crippen LogP contribution in [0.15, 0.2) is 12.1 Å². The molecule has 56 heavy (non-hydrogen) atoms. The van der Waals surface area contributed by atoms with E-state index in [1.54, 1.807) is 12.1 Å². The van der Waals surface area contributed by atoms with Gasteiger partial charge in [-0.1, -0.05) is 0 Å². The van der Waals surface area contributed by atoms with Crippen molar-refractivity contribution in [3.8, 4) is 12.1 Å². The third kappa shape index (κ3) is 7.63. The molecule has 0 spiro atoms. The standard InChI is InChI=1S/C19H25B2N3O4Se.C17H21B2N3O4Se/c1-16(2)17(3,4)26-20(25-16)12-9-11(10-22)13(15-14(12)23-29-24-15)21-27-18(5,6)19(7,8)28-21;1-16(2)7-23-18(24-8-16)12-5-11(6-20)13(15-14(12)21-27-22-15)19-25-9-17(3,4)10-26-19/h9H,1-8H3;5H,7-10H2,1-4H3. The molecule has 14 nitrogen and oxygen atoms in total. The van der Waals surface area contributed by atoms with Crippen molar-refractivity contribution in [1.82, 2.24) is 15.9 Å². The molecule has 8 rings (SSSR count).